The number of carbonyl (C=O) groups is 2. The number of benzene rings is 2. The van der Waals surface area contributed by atoms with Crippen LogP contribution < -0.4 is 5.32 Å². The predicted molar refractivity (Wildman–Crippen MR) is 126 cm³/mol. The molecule has 1 aliphatic carbocycles. The Labute approximate surface area is 207 Å². The highest BCUT2D eigenvalue weighted by Crippen LogP contribution is 2.49. The van der Waals surface area contributed by atoms with Crippen LogP contribution in [-0.4, -0.2) is 47.2 Å². The monoisotopic (exact) mass is 506 g/mol. The zero-order valence-corrected chi connectivity index (χ0v) is 20.4. The molecule has 0 bridgehead atoms. The molecule has 0 radical (unpaired) electrons. The zero-order valence-electron chi connectivity index (χ0n) is 20.4. The van der Waals surface area contributed by atoms with Gasteiger partial charge < -0.3 is 10.1 Å². The van der Waals surface area contributed by atoms with Crippen LogP contribution in [-0.2, 0) is 9.53 Å². The van der Waals surface area contributed by atoms with Gasteiger partial charge >= 0.3 is 6.09 Å². The normalized spacial score (nSPS) is 22.6. The third-order valence-corrected chi connectivity index (χ3v) is 6.49. The minimum atomic E-state index is -2.77. The lowest BCUT2D eigenvalue weighted by Crippen LogP contribution is -2.48. The van der Waals surface area contributed by atoms with Gasteiger partial charge in [0.05, 0.1) is 12.6 Å². The van der Waals surface area contributed by atoms with E-state index < -0.39 is 66.4 Å². The molecule has 2 aromatic carbocycles. The number of nitrogens with zero attached hydrogens (tertiary/aromatic N) is 1. The molecule has 2 aromatic rings. The molecule has 1 aliphatic heterocycles. The van der Waals surface area contributed by atoms with Gasteiger partial charge in [-0.25, -0.2) is 22.4 Å². The molecule has 4 rings (SSSR count). The number of hydrogen-bond acceptors (Lipinski definition) is 3. The van der Waals surface area contributed by atoms with E-state index in [0.717, 1.165) is 4.90 Å². The fourth-order valence-electron chi connectivity index (χ4n) is 4.73. The molecule has 0 spiro atoms. The highest BCUT2D eigenvalue weighted by Gasteiger charge is 2.47. The van der Waals surface area contributed by atoms with E-state index in [9.17, 15) is 27.2 Å². The number of rotatable bonds is 5. The molecule has 2 amide bonds. The van der Waals surface area contributed by atoms with Crippen molar-refractivity contribution >= 4 is 12.0 Å². The van der Waals surface area contributed by atoms with Crippen LogP contribution in [0.5, 0.6) is 0 Å². The Hall–Kier alpha value is -3.10. The van der Waals surface area contributed by atoms with Crippen LogP contribution in [0.2, 0.25) is 0 Å². The summed E-state index contributed by atoms with van der Waals surface area (Å²) in [6.07, 6.45) is -3.15. The summed E-state index contributed by atoms with van der Waals surface area (Å²) in [6.45, 7) is 4.77. The number of amides is 2. The van der Waals surface area contributed by atoms with E-state index in [2.05, 4.69) is 5.32 Å². The van der Waals surface area contributed by atoms with E-state index in [-0.39, 0.29) is 18.5 Å². The van der Waals surface area contributed by atoms with Crippen molar-refractivity contribution in [3.05, 3.63) is 71.0 Å². The molecular formula is C27H30F4N2O3. The summed E-state index contributed by atoms with van der Waals surface area (Å²) in [5, 5.41) is 2.84. The number of carbonyl (C=O) groups excluding carboxylic acids is 2. The van der Waals surface area contributed by atoms with Gasteiger partial charge in [0.1, 0.15) is 23.6 Å². The van der Waals surface area contributed by atoms with E-state index >= 15 is 0 Å². The molecule has 0 unspecified atom stereocenters. The summed E-state index contributed by atoms with van der Waals surface area (Å²) >= 11 is 0. The zero-order chi connectivity index (χ0) is 26.3. The second kappa shape index (κ2) is 9.75. The third-order valence-electron chi connectivity index (χ3n) is 6.49. The molecule has 2 aliphatic rings. The number of alkyl halides is 3. The van der Waals surface area contributed by atoms with Crippen molar-refractivity contribution in [2.45, 2.75) is 75.7 Å². The summed E-state index contributed by atoms with van der Waals surface area (Å²) in [5.74, 6) is -4.55. The van der Waals surface area contributed by atoms with Crippen LogP contribution in [0.3, 0.4) is 0 Å². The molecule has 1 N–H and O–H groups in total. The van der Waals surface area contributed by atoms with Gasteiger partial charge in [0, 0.05) is 19.3 Å². The number of ether oxygens (including phenoxy) is 1. The molecule has 36 heavy (non-hydrogen) atoms. The van der Waals surface area contributed by atoms with Gasteiger partial charge in [-0.3, -0.25) is 9.69 Å². The molecule has 9 heteroatoms. The molecule has 194 valence electrons. The lowest BCUT2D eigenvalue weighted by molar-refractivity contribution is -0.126. The second-order valence-corrected chi connectivity index (χ2v) is 10.6. The van der Waals surface area contributed by atoms with Crippen LogP contribution in [0.25, 0.3) is 0 Å². The van der Waals surface area contributed by atoms with Gasteiger partial charge in [0.15, 0.2) is 0 Å². The smallest absolute Gasteiger partial charge is 0.411 e. The summed E-state index contributed by atoms with van der Waals surface area (Å²) in [5.41, 5.74) is 0.449. The first-order valence-electron chi connectivity index (χ1n) is 12.0. The minimum absolute atomic E-state index is 0.185. The lowest BCUT2D eigenvalue weighted by atomic mass is 9.76. The number of halogens is 4. The minimum Gasteiger partial charge on any atom is -0.444 e. The largest absolute Gasteiger partial charge is 0.444 e. The van der Waals surface area contributed by atoms with Gasteiger partial charge in [-0.05, 0) is 49.4 Å². The Bertz CT molecular complexity index is 1110. The van der Waals surface area contributed by atoms with Crippen LogP contribution in [0.15, 0.2) is 48.5 Å². The maximum Gasteiger partial charge on any atom is 0.411 e. The summed E-state index contributed by atoms with van der Waals surface area (Å²) in [7, 11) is 0. The van der Waals surface area contributed by atoms with Gasteiger partial charge in [-0.2, -0.15) is 0 Å². The first-order chi connectivity index (χ1) is 16.8. The summed E-state index contributed by atoms with van der Waals surface area (Å²) in [4.78, 5) is 27.0. The number of likely N-dealkylation sites (tertiary alicyclic amines) is 1. The quantitative estimate of drug-likeness (QED) is 0.515. The number of nitrogens with one attached hydrogen (secondary N) is 1. The fraction of sp³-hybridized carbons (Fsp3) is 0.481. The first kappa shape index (κ1) is 26.0. The highest BCUT2D eigenvalue weighted by molar-refractivity contribution is 5.87. The molecular weight excluding hydrogens is 476 g/mol. The molecule has 2 fully saturated rings. The topological polar surface area (TPSA) is 58.6 Å². The molecule has 1 heterocycles. The van der Waals surface area contributed by atoms with Crippen molar-refractivity contribution in [3.63, 3.8) is 0 Å². The molecule has 3 atom stereocenters. The fourth-order valence-corrected chi connectivity index (χ4v) is 4.73. The summed E-state index contributed by atoms with van der Waals surface area (Å²) in [6, 6.07) is 11.2. The van der Waals surface area contributed by atoms with Crippen molar-refractivity contribution < 1.29 is 31.9 Å². The Morgan fingerprint density at radius 2 is 1.75 bits per heavy atom. The van der Waals surface area contributed by atoms with E-state index in [1.807, 2.05) is 0 Å². The average Bonchev–Trinajstić information content (AvgIpc) is 3.17. The maximum atomic E-state index is 15.0. The van der Waals surface area contributed by atoms with E-state index in [0.29, 0.717) is 11.1 Å². The van der Waals surface area contributed by atoms with Crippen molar-refractivity contribution in [2.75, 3.05) is 6.54 Å². The second-order valence-electron chi connectivity index (χ2n) is 10.6. The Morgan fingerprint density at radius 3 is 2.33 bits per heavy atom. The Morgan fingerprint density at radius 1 is 1.08 bits per heavy atom. The Balaban J connectivity index is 1.58. The third kappa shape index (κ3) is 5.82. The van der Waals surface area contributed by atoms with E-state index in [1.54, 1.807) is 57.2 Å². The van der Waals surface area contributed by atoms with Crippen molar-refractivity contribution in [3.8, 4) is 0 Å². The van der Waals surface area contributed by atoms with Gasteiger partial charge in [-0.1, -0.05) is 42.5 Å². The molecule has 0 aromatic heterocycles. The van der Waals surface area contributed by atoms with Crippen molar-refractivity contribution in [1.82, 2.24) is 10.2 Å². The predicted octanol–water partition coefficient (Wildman–Crippen LogP) is 5.89. The van der Waals surface area contributed by atoms with E-state index in [4.69, 9.17) is 4.74 Å². The highest BCUT2D eigenvalue weighted by atomic mass is 19.3. The van der Waals surface area contributed by atoms with Gasteiger partial charge in [0.25, 0.3) is 0 Å². The molecule has 1 saturated heterocycles. The number of hydrogen-bond donors (Lipinski definition) is 1. The molecule has 5 nitrogen and oxygen atoms in total. The average molecular weight is 507 g/mol. The van der Waals surface area contributed by atoms with E-state index in [1.165, 1.54) is 12.1 Å². The van der Waals surface area contributed by atoms with Crippen LogP contribution in [0, 0.1) is 5.82 Å². The van der Waals surface area contributed by atoms with Gasteiger partial charge in [-0.15, -0.1) is 0 Å². The van der Waals surface area contributed by atoms with Crippen molar-refractivity contribution in [2.24, 2.45) is 0 Å². The van der Waals surface area contributed by atoms with Crippen LogP contribution in [0.4, 0.5) is 22.4 Å². The molecule has 1 saturated carbocycles. The maximum absolute atomic E-state index is 15.0. The van der Waals surface area contributed by atoms with Crippen LogP contribution in [0.1, 0.15) is 68.7 Å². The van der Waals surface area contributed by atoms with Gasteiger partial charge in [0.2, 0.25) is 11.8 Å². The van der Waals surface area contributed by atoms with Crippen LogP contribution >= 0.6 is 0 Å². The Kier molecular flexibility index (Phi) is 7.03. The summed E-state index contributed by atoms with van der Waals surface area (Å²) < 4.78 is 61.2. The standard InChI is InChI=1S/C27H30F4N2O3/c1-26(2,3)36-25(35)33-15-19(28)12-22(33)24(34)32-23(16-7-5-4-6-8-16)17-9-10-20(21(29)11-17)18-13-27(30,31)14-18/h4-11,18-19,22-23H,12-15H2,1-3H3,(H,32,34)/t19-,22+,23+/m1/s1. The first-order valence-corrected chi connectivity index (χ1v) is 12.0. The van der Waals surface area contributed by atoms with Crippen molar-refractivity contribution in [1.29, 1.82) is 0 Å². The lowest BCUT2D eigenvalue weighted by Gasteiger charge is -2.35. The SMILES string of the molecule is CC(C)(C)OC(=O)N1C[C@H](F)C[C@H]1C(=O)N[C@@H](c1ccccc1)c1ccc(C2CC(F)(F)C2)c(F)c1.